The summed E-state index contributed by atoms with van der Waals surface area (Å²) in [7, 11) is -3.41. The van der Waals surface area contributed by atoms with E-state index in [2.05, 4.69) is 0 Å². The Morgan fingerprint density at radius 2 is 2.12 bits per heavy atom. The summed E-state index contributed by atoms with van der Waals surface area (Å²) in [5.74, 6) is 5.51. The van der Waals surface area contributed by atoms with Crippen LogP contribution in [0.1, 0.15) is 13.3 Å². The van der Waals surface area contributed by atoms with Gasteiger partial charge in [0, 0.05) is 6.54 Å². The zero-order valence-electron chi connectivity index (χ0n) is 9.83. The Bertz CT molecular complexity index is 460. The molecule has 0 aromatic heterocycles. The number of aliphatic hydroxyl groups is 1. The molecule has 0 unspecified atom stereocenters. The van der Waals surface area contributed by atoms with Gasteiger partial charge in [-0.05, 0) is 24.6 Å². The van der Waals surface area contributed by atoms with Gasteiger partial charge < -0.3 is 10.1 Å². The third-order valence-electron chi connectivity index (χ3n) is 2.33. The molecule has 0 bridgehead atoms. The summed E-state index contributed by atoms with van der Waals surface area (Å²) in [4.78, 5) is 0.190. The summed E-state index contributed by atoms with van der Waals surface area (Å²) in [5.41, 5.74) is 0.658. The average molecular weight is 258 g/mol. The summed E-state index contributed by atoms with van der Waals surface area (Å²) < 4.78 is 23.5. The molecule has 1 rings (SSSR count). The number of anilines is 1. The van der Waals surface area contributed by atoms with Crippen LogP contribution in [0.3, 0.4) is 0 Å². The monoisotopic (exact) mass is 258 g/mol. The molecule has 96 valence electrons. The predicted octanol–water partition coefficient (Wildman–Crippen LogP) is 0.543. The van der Waals surface area contributed by atoms with Gasteiger partial charge in [-0.1, -0.05) is 13.0 Å². The predicted molar refractivity (Wildman–Crippen MR) is 67.4 cm³/mol. The molecule has 0 heterocycles. The van der Waals surface area contributed by atoms with E-state index in [9.17, 15) is 8.42 Å². The number of nitrogens with zero attached hydrogens (tertiary/aromatic N) is 1. The largest absolute Gasteiger partial charge is 0.395 e. The molecule has 6 heteroatoms. The Morgan fingerprint density at radius 1 is 1.41 bits per heavy atom. The van der Waals surface area contributed by atoms with Crippen LogP contribution in [-0.2, 0) is 9.84 Å². The molecule has 0 spiro atoms. The number of hydrogen-bond acceptors (Lipinski definition) is 5. The van der Waals surface area contributed by atoms with E-state index in [0.717, 1.165) is 6.42 Å². The van der Waals surface area contributed by atoms with Crippen molar-refractivity contribution in [3.8, 4) is 0 Å². The fraction of sp³-hybridized carbons (Fsp3) is 0.455. The van der Waals surface area contributed by atoms with Crippen LogP contribution >= 0.6 is 0 Å². The fourth-order valence-electron chi connectivity index (χ4n) is 1.46. The van der Waals surface area contributed by atoms with Gasteiger partial charge in [0.25, 0.3) is 0 Å². The first-order valence-corrected chi connectivity index (χ1v) is 7.12. The van der Waals surface area contributed by atoms with E-state index in [0.29, 0.717) is 12.2 Å². The Balaban J connectivity index is 3.01. The van der Waals surface area contributed by atoms with Crippen molar-refractivity contribution >= 4 is 15.5 Å². The van der Waals surface area contributed by atoms with E-state index < -0.39 is 9.84 Å². The van der Waals surface area contributed by atoms with Gasteiger partial charge in [0.2, 0.25) is 0 Å². The van der Waals surface area contributed by atoms with E-state index in [1.165, 1.54) is 17.1 Å². The van der Waals surface area contributed by atoms with Crippen molar-refractivity contribution in [2.45, 2.75) is 18.2 Å². The van der Waals surface area contributed by atoms with Crippen molar-refractivity contribution in [3.63, 3.8) is 0 Å². The first-order valence-electron chi connectivity index (χ1n) is 5.47. The smallest absolute Gasteiger partial charge is 0.180 e. The molecule has 5 nitrogen and oxygen atoms in total. The van der Waals surface area contributed by atoms with Crippen molar-refractivity contribution < 1.29 is 13.5 Å². The minimum Gasteiger partial charge on any atom is -0.395 e. The number of hydrogen-bond donors (Lipinski definition) is 2. The highest BCUT2D eigenvalue weighted by molar-refractivity contribution is 7.91. The molecule has 0 aliphatic rings. The van der Waals surface area contributed by atoms with Gasteiger partial charge >= 0.3 is 0 Å². The van der Waals surface area contributed by atoms with Crippen LogP contribution in [0.4, 0.5) is 5.69 Å². The van der Waals surface area contributed by atoms with E-state index in [1.54, 1.807) is 12.1 Å². The van der Waals surface area contributed by atoms with E-state index >= 15 is 0 Å². The lowest BCUT2D eigenvalue weighted by Crippen LogP contribution is -2.31. The highest BCUT2D eigenvalue weighted by Crippen LogP contribution is 2.18. The quantitative estimate of drug-likeness (QED) is 0.575. The standard InChI is InChI=1S/C11H18N2O3S/c1-2-6-13(12)10-4-3-5-11(9-10)17(15,16)8-7-14/h3-5,9,14H,2,6-8,12H2,1H3. The zero-order valence-corrected chi connectivity index (χ0v) is 10.7. The van der Waals surface area contributed by atoms with Crippen LogP contribution in [0.5, 0.6) is 0 Å². The lowest BCUT2D eigenvalue weighted by atomic mass is 10.3. The summed E-state index contributed by atoms with van der Waals surface area (Å²) in [6, 6.07) is 6.44. The maximum Gasteiger partial charge on any atom is 0.180 e. The Labute approximate surface area is 102 Å². The normalized spacial score (nSPS) is 11.5. The van der Waals surface area contributed by atoms with Crippen LogP contribution < -0.4 is 10.9 Å². The molecular weight excluding hydrogens is 240 g/mol. The first kappa shape index (κ1) is 14.0. The Hall–Kier alpha value is -1.11. The summed E-state index contributed by atoms with van der Waals surface area (Å²) >= 11 is 0. The van der Waals surface area contributed by atoms with Gasteiger partial charge in [0.15, 0.2) is 9.84 Å². The molecule has 0 saturated carbocycles. The van der Waals surface area contributed by atoms with Crippen LogP contribution in [0.25, 0.3) is 0 Å². The number of aliphatic hydroxyl groups excluding tert-OH is 1. The Kier molecular flexibility index (Phi) is 4.92. The second-order valence-corrected chi connectivity index (χ2v) is 5.84. The van der Waals surface area contributed by atoms with Crippen LogP contribution in [-0.4, -0.2) is 32.4 Å². The minimum absolute atomic E-state index is 0.190. The molecule has 1 aromatic carbocycles. The maximum absolute atomic E-state index is 11.7. The zero-order chi connectivity index (χ0) is 12.9. The lowest BCUT2D eigenvalue weighted by Gasteiger charge is -2.18. The van der Waals surface area contributed by atoms with Gasteiger partial charge in [-0.15, -0.1) is 0 Å². The van der Waals surface area contributed by atoms with Gasteiger partial charge in [-0.3, -0.25) is 0 Å². The molecule has 1 aromatic rings. The number of sulfone groups is 1. The summed E-state index contributed by atoms with van der Waals surface area (Å²) in [6.45, 7) is 2.27. The maximum atomic E-state index is 11.7. The first-order chi connectivity index (χ1) is 8.01. The third-order valence-corrected chi connectivity index (χ3v) is 4.03. The molecule has 3 N–H and O–H groups in total. The topological polar surface area (TPSA) is 83.6 Å². The van der Waals surface area contributed by atoms with Crippen molar-refractivity contribution in [2.75, 3.05) is 23.9 Å². The van der Waals surface area contributed by atoms with Crippen molar-refractivity contribution in [1.29, 1.82) is 0 Å². The summed E-state index contributed by atoms with van der Waals surface area (Å²) in [5, 5.41) is 10.2. The van der Waals surface area contributed by atoms with Crippen molar-refractivity contribution in [1.82, 2.24) is 0 Å². The lowest BCUT2D eigenvalue weighted by molar-refractivity contribution is 0.319. The van der Waals surface area contributed by atoms with Gasteiger partial charge in [0.1, 0.15) is 0 Å². The number of rotatable bonds is 6. The number of benzene rings is 1. The molecule has 17 heavy (non-hydrogen) atoms. The fourth-order valence-corrected chi connectivity index (χ4v) is 2.53. The second-order valence-electron chi connectivity index (χ2n) is 3.73. The van der Waals surface area contributed by atoms with Crippen LogP contribution in [0.2, 0.25) is 0 Å². The molecule has 0 fully saturated rings. The second kappa shape index (κ2) is 6.00. The molecule has 0 aliphatic carbocycles. The average Bonchev–Trinajstić information content (AvgIpc) is 2.29. The molecule has 0 aliphatic heterocycles. The van der Waals surface area contributed by atoms with E-state index in [-0.39, 0.29) is 17.3 Å². The third kappa shape index (κ3) is 3.69. The highest BCUT2D eigenvalue weighted by Gasteiger charge is 2.14. The molecule has 0 saturated heterocycles. The van der Waals surface area contributed by atoms with Crippen molar-refractivity contribution in [3.05, 3.63) is 24.3 Å². The van der Waals surface area contributed by atoms with Gasteiger partial charge in [-0.25, -0.2) is 14.3 Å². The molecule has 0 atom stereocenters. The van der Waals surface area contributed by atoms with Crippen molar-refractivity contribution in [2.24, 2.45) is 5.84 Å². The number of nitrogens with two attached hydrogens (primary N) is 1. The van der Waals surface area contributed by atoms with Gasteiger partial charge in [0.05, 0.1) is 22.9 Å². The number of hydrazine groups is 1. The molecule has 0 radical (unpaired) electrons. The molecule has 0 amide bonds. The molecular formula is C11H18N2O3S. The van der Waals surface area contributed by atoms with E-state index in [1.807, 2.05) is 6.92 Å². The SMILES string of the molecule is CCCN(N)c1cccc(S(=O)(=O)CCO)c1. The summed E-state index contributed by atoms with van der Waals surface area (Å²) in [6.07, 6.45) is 0.879. The highest BCUT2D eigenvalue weighted by atomic mass is 32.2. The van der Waals surface area contributed by atoms with Gasteiger partial charge in [-0.2, -0.15) is 0 Å². The Morgan fingerprint density at radius 3 is 2.71 bits per heavy atom. The minimum atomic E-state index is -3.41. The van der Waals surface area contributed by atoms with Crippen LogP contribution in [0.15, 0.2) is 29.2 Å². The van der Waals surface area contributed by atoms with Crippen LogP contribution in [0, 0.1) is 0 Å². The van der Waals surface area contributed by atoms with E-state index in [4.69, 9.17) is 10.9 Å².